The van der Waals surface area contributed by atoms with E-state index in [1.165, 1.54) is 44.9 Å². The van der Waals surface area contributed by atoms with Gasteiger partial charge in [-0.1, -0.05) is 37.4 Å². The van der Waals surface area contributed by atoms with E-state index in [9.17, 15) is 4.79 Å². The van der Waals surface area contributed by atoms with E-state index in [2.05, 4.69) is 5.32 Å². The maximum Gasteiger partial charge on any atom is 0.242 e. The predicted molar refractivity (Wildman–Crippen MR) is 78.2 cm³/mol. The van der Waals surface area contributed by atoms with Crippen LogP contribution in [0.3, 0.4) is 0 Å². The predicted octanol–water partition coefficient (Wildman–Crippen LogP) is 3.10. The molecule has 104 valence electrons. The van der Waals surface area contributed by atoms with Gasteiger partial charge in [0.25, 0.3) is 0 Å². The molecule has 0 aromatic heterocycles. The Labute approximate surface area is 119 Å². The van der Waals surface area contributed by atoms with Crippen LogP contribution in [0.2, 0.25) is 0 Å². The number of aliphatic imine (C=N–C) groups is 1. The molecule has 1 aliphatic heterocycles. The minimum absolute atomic E-state index is 0.158. The zero-order valence-corrected chi connectivity index (χ0v) is 12.2. The number of nitrogens with one attached hydrogen (secondary N) is 1. The third-order valence-electron chi connectivity index (χ3n) is 5.57. The van der Waals surface area contributed by atoms with E-state index in [1.54, 1.807) is 11.8 Å². The Morgan fingerprint density at radius 2 is 2.00 bits per heavy atom. The molecule has 4 rings (SSSR count). The fourth-order valence-corrected chi connectivity index (χ4v) is 5.84. The van der Waals surface area contributed by atoms with E-state index in [0.717, 1.165) is 29.8 Å². The van der Waals surface area contributed by atoms with Crippen molar-refractivity contribution in [1.82, 2.24) is 5.32 Å². The minimum atomic E-state index is -0.158. The van der Waals surface area contributed by atoms with Gasteiger partial charge in [0, 0.05) is 0 Å². The number of nitrogens with zero attached hydrogens (tertiary/aromatic N) is 1. The van der Waals surface area contributed by atoms with Crippen molar-refractivity contribution in [3.8, 4) is 0 Å². The highest BCUT2D eigenvalue weighted by Gasteiger charge is 2.48. The quantitative estimate of drug-likeness (QED) is 0.801. The van der Waals surface area contributed by atoms with Crippen LogP contribution in [0.15, 0.2) is 4.99 Å². The van der Waals surface area contributed by atoms with Crippen molar-refractivity contribution in [2.75, 3.05) is 0 Å². The van der Waals surface area contributed by atoms with E-state index < -0.39 is 0 Å². The van der Waals surface area contributed by atoms with Gasteiger partial charge in [0.15, 0.2) is 5.17 Å². The second-order valence-corrected chi connectivity index (χ2v) is 8.16. The summed E-state index contributed by atoms with van der Waals surface area (Å²) < 4.78 is -0.158. The largest absolute Gasteiger partial charge is 0.304 e. The van der Waals surface area contributed by atoms with E-state index in [4.69, 9.17) is 4.99 Å². The summed E-state index contributed by atoms with van der Waals surface area (Å²) in [6, 6.07) is 0.500. The first kappa shape index (κ1) is 12.2. The first-order valence-electron chi connectivity index (χ1n) is 7.83. The van der Waals surface area contributed by atoms with E-state index in [0.29, 0.717) is 6.04 Å². The van der Waals surface area contributed by atoms with Crippen molar-refractivity contribution in [2.24, 2.45) is 16.8 Å². The smallest absolute Gasteiger partial charge is 0.242 e. The number of fused-ring (bicyclic) bond motifs is 2. The molecule has 3 nitrogen and oxygen atoms in total. The molecule has 1 saturated heterocycles. The van der Waals surface area contributed by atoms with Crippen LogP contribution in [0.4, 0.5) is 0 Å². The van der Waals surface area contributed by atoms with E-state index in [1.807, 2.05) is 0 Å². The Bertz CT molecular complexity index is 428. The molecule has 1 amide bonds. The van der Waals surface area contributed by atoms with Gasteiger partial charge in [-0.15, -0.1) is 0 Å². The molecule has 1 heterocycles. The minimum Gasteiger partial charge on any atom is -0.304 e. The van der Waals surface area contributed by atoms with E-state index >= 15 is 0 Å². The van der Waals surface area contributed by atoms with Crippen LogP contribution in [0.5, 0.6) is 0 Å². The standard InChI is InChI=1S/C15H22N2OS/c18-13-15(6-2-1-3-7-15)19-14(17-13)16-12-9-10-4-5-11(12)8-10/h10-12H,1-9H2,(H,16,17,18)/t10-,11+,12+/m0/s1. The van der Waals surface area contributed by atoms with Gasteiger partial charge >= 0.3 is 0 Å². The average molecular weight is 278 g/mol. The van der Waals surface area contributed by atoms with Crippen LogP contribution in [0.25, 0.3) is 0 Å². The van der Waals surface area contributed by atoms with Gasteiger partial charge in [0.05, 0.1) is 6.04 Å². The van der Waals surface area contributed by atoms with E-state index in [-0.39, 0.29) is 10.7 Å². The summed E-state index contributed by atoms with van der Waals surface area (Å²) in [5, 5.41) is 4.01. The van der Waals surface area contributed by atoms with Crippen molar-refractivity contribution < 1.29 is 4.79 Å². The maximum absolute atomic E-state index is 12.3. The summed E-state index contributed by atoms with van der Waals surface area (Å²) in [7, 11) is 0. The first-order valence-corrected chi connectivity index (χ1v) is 8.65. The van der Waals surface area contributed by atoms with Crippen LogP contribution in [-0.4, -0.2) is 21.9 Å². The third kappa shape index (κ3) is 2.03. The number of hydrogen-bond acceptors (Lipinski definition) is 3. The van der Waals surface area contributed by atoms with Gasteiger partial charge in [0.1, 0.15) is 4.75 Å². The first-order chi connectivity index (χ1) is 9.25. The SMILES string of the molecule is O=C1NC(=N[C@@H]2C[C@H]3CC[C@@H]2C3)SC12CCCCC2. The van der Waals surface area contributed by atoms with Crippen molar-refractivity contribution >= 4 is 22.8 Å². The summed E-state index contributed by atoms with van der Waals surface area (Å²) in [4.78, 5) is 17.2. The van der Waals surface area contributed by atoms with Gasteiger partial charge in [-0.2, -0.15) is 0 Å². The summed E-state index contributed by atoms with van der Waals surface area (Å²) in [6.45, 7) is 0. The molecule has 0 radical (unpaired) electrons. The van der Waals surface area contributed by atoms with Gasteiger partial charge in [-0.05, 0) is 43.9 Å². The number of amidine groups is 1. The van der Waals surface area contributed by atoms with Crippen molar-refractivity contribution in [2.45, 2.75) is 68.6 Å². The number of amides is 1. The Morgan fingerprint density at radius 3 is 2.68 bits per heavy atom. The fourth-order valence-electron chi connectivity index (χ4n) is 4.50. The highest BCUT2D eigenvalue weighted by atomic mass is 32.2. The molecule has 19 heavy (non-hydrogen) atoms. The molecule has 4 heteroatoms. The number of thioether (sulfide) groups is 1. The molecule has 3 atom stereocenters. The molecule has 0 aromatic carbocycles. The van der Waals surface area contributed by atoms with Crippen LogP contribution in [0, 0.1) is 11.8 Å². The Balaban J connectivity index is 1.50. The number of hydrogen-bond donors (Lipinski definition) is 1. The summed E-state index contributed by atoms with van der Waals surface area (Å²) >= 11 is 1.75. The topological polar surface area (TPSA) is 41.5 Å². The molecule has 3 aliphatic carbocycles. The molecule has 1 spiro atoms. The fraction of sp³-hybridized carbons (Fsp3) is 0.867. The van der Waals surface area contributed by atoms with Crippen LogP contribution >= 0.6 is 11.8 Å². The summed E-state index contributed by atoms with van der Waals surface area (Å²) in [6.07, 6.45) is 11.2. The second kappa shape index (κ2) is 4.51. The molecule has 3 saturated carbocycles. The van der Waals surface area contributed by atoms with Crippen LogP contribution < -0.4 is 5.32 Å². The summed E-state index contributed by atoms with van der Waals surface area (Å²) in [5.41, 5.74) is 0. The van der Waals surface area contributed by atoms with Crippen molar-refractivity contribution in [1.29, 1.82) is 0 Å². The summed E-state index contributed by atoms with van der Waals surface area (Å²) in [5.74, 6) is 1.96. The number of carbonyl (C=O) groups excluding carboxylic acids is 1. The molecular formula is C15H22N2OS. The molecule has 0 aromatic rings. The lowest BCUT2D eigenvalue weighted by Gasteiger charge is -2.28. The third-order valence-corrected chi connectivity index (χ3v) is 6.96. The average Bonchev–Trinajstić information content (AvgIpc) is 3.08. The van der Waals surface area contributed by atoms with Gasteiger partial charge in [0.2, 0.25) is 5.91 Å². The molecule has 4 aliphatic rings. The highest BCUT2D eigenvalue weighted by molar-refractivity contribution is 8.16. The molecule has 4 fully saturated rings. The Kier molecular flexibility index (Phi) is 2.90. The lowest BCUT2D eigenvalue weighted by Crippen LogP contribution is -2.38. The second-order valence-electron chi connectivity index (χ2n) is 6.79. The molecule has 0 unspecified atom stereocenters. The van der Waals surface area contributed by atoms with Gasteiger partial charge in [-0.25, -0.2) is 0 Å². The van der Waals surface area contributed by atoms with Crippen molar-refractivity contribution in [3.63, 3.8) is 0 Å². The lowest BCUT2D eigenvalue weighted by atomic mass is 9.88. The molecule has 1 N–H and O–H groups in total. The van der Waals surface area contributed by atoms with Crippen molar-refractivity contribution in [3.05, 3.63) is 0 Å². The Morgan fingerprint density at radius 1 is 1.16 bits per heavy atom. The Hall–Kier alpha value is -0.510. The molecular weight excluding hydrogens is 256 g/mol. The zero-order valence-electron chi connectivity index (χ0n) is 11.4. The number of rotatable bonds is 1. The number of carbonyl (C=O) groups is 1. The maximum atomic E-state index is 12.3. The zero-order chi connectivity index (χ0) is 12.9. The lowest BCUT2D eigenvalue weighted by molar-refractivity contribution is -0.122. The van der Waals surface area contributed by atoms with Crippen LogP contribution in [0.1, 0.15) is 57.8 Å². The van der Waals surface area contributed by atoms with Gasteiger partial charge < -0.3 is 5.32 Å². The van der Waals surface area contributed by atoms with Crippen LogP contribution in [-0.2, 0) is 4.79 Å². The highest BCUT2D eigenvalue weighted by Crippen LogP contribution is 2.48. The van der Waals surface area contributed by atoms with Gasteiger partial charge in [-0.3, -0.25) is 9.79 Å². The monoisotopic (exact) mass is 278 g/mol. The normalized spacial score (nSPS) is 42.2. The molecule has 2 bridgehead atoms.